The Bertz CT molecular complexity index is 1050. The summed E-state index contributed by atoms with van der Waals surface area (Å²) in [5, 5.41) is 6.73. The molecule has 0 aromatic heterocycles. The van der Waals surface area contributed by atoms with E-state index in [0.717, 1.165) is 31.7 Å². The number of ether oxygens (including phenoxy) is 1. The van der Waals surface area contributed by atoms with Crippen LogP contribution >= 0.6 is 0 Å². The van der Waals surface area contributed by atoms with Gasteiger partial charge < -0.3 is 15.4 Å². The van der Waals surface area contributed by atoms with E-state index in [0.29, 0.717) is 12.1 Å². The van der Waals surface area contributed by atoms with Crippen LogP contribution in [-0.2, 0) is 26.9 Å². The molecule has 3 rings (SSSR count). The minimum Gasteiger partial charge on any atom is -0.378 e. The molecule has 0 radical (unpaired) electrons. The van der Waals surface area contributed by atoms with E-state index in [1.54, 1.807) is 7.11 Å². The molecule has 1 aliphatic carbocycles. The van der Waals surface area contributed by atoms with E-state index in [-0.39, 0.29) is 23.3 Å². The fourth-order valence-corrected chi connectivity index (χ4v) is 5.09. The molecule has 2 N–H and O–H groups in total. The average Bonchev–Trinajstić information content (AvgIpc) is 2.79. The van der Waals surface area contributed by atoms with Crippen LogP contribution in [0.15, 0.2) is 54.6 Å². The second-order valence-corrected chi connectivity index (χ2v) is 11.1. The number of carbonyl (C=O) groups excluding carboxylic acids is 1. The van der Waals surface area contributed by atoms with Crippen molar-refractivity contribution < 1.29 is 18.3 Å². The molecule has 4 nitrogen and oxygen atoms in total. The van der Waals surface area contributed by atoms with Gasteiger partial charge in [0, 0.05) is 32.2 Å². The van der Waals surface area contributed by atoms with Crippen LogP contribution in [0.3, 0.4) is 0 Å². The minimum atomic E-state index is -0.640. The number of rotatable bonds is 9. The molecule has 0 bridgehead atoms. The Labute approximate surface area is 214 Å². The molecule has 1 aliphatic rings. The first kappa shape index (κ1) is 28.0. The molecule has 0 spiro atoms. The first-order chi connectivity index (χ1) is 16.9. The molecule has 196 valence electrons. The lowest BCUT2D eigenvalue weighted by Gasteiger charge is -2.42. The summed E-state index contributed by atoms with van der Waals surface area (Å²) in [4.78, 5) is 12.0. The summed E-state index contributed by atoms with van der Waals surface area (Å²) in [5.41, 5.74) is 4.01. The van der Waals surface area contributed by atoms with E-state index >= 15 is 0 Å². The standard InChI is InChI=1S/C30H40F2N2O2/c1-20-10-12-30(13-11-20,24-9-7-8-23(17-24)29(3,4)5)33-19-28(36-6)27(34-21(2)35)16-22-14-25(31)18-26(32)15-22/h7-9,14-15,17-18,27-28,33H,1,10-13,16,19H2,2-6H3,(H,34,35). The Hall–Kier alpha value is -2.57. The molecule has 0 saturated heterocycles. The van der Waals surface area contributed by atoms with Crippen molar-refractivity contribution in [2.24, 2.45) is 0 Å². The van der Waals surface area contributed by atoms with Crippen molar-refractivity contribution in [3.05, 3.63) is 82.9 Å². The van der Waals surface area contributed by atoms with Crippen LogP contribution < -0.4 is 10.6 Å². The molecule has 2 atom stereocenters. The first-order valence-electron chi connectivity index (χ1n) is 12.7. The molecular weight excluding hydrogens is 458 g/mol. The minimum absolute atomic E-state index is 0.0290. The second kappa shape index (κ2) is 11.7. The SMILES string of the molecule is C=C1CCC(NCC(OC)C(Cc2cc(F)cc(F)c2)NC(C)=O)(c2cccc(C(C)(C)C)c2)CC1. The molecule has 36 heavy (non-hydrogen) atoms. The summed E-state index contributed by atoms with van der Waals surface area (Å²) in [5.74, 6) is -1.50. The second-order valence-electron chi connectivity index (χ2n) is 11.1. The van der Waals surface area contributed by atoms with Crippen LogP contribution in [0, 0.1) is 11.6 Å². The van der Waals surface area contributed by atoms with Crippen LogP contribution in [0.2, 0.25) is 0 Å². The number of nitrogens with one attached hydrogen (secondary N) is 2. The van der Waals surface area contributed by atoms with Crippen molar-refractivity contribution in [2.75, 3.05) is 13.7 Å². The van der Waals surface area contributed by atoms with Crippen molar-refractivity contribution in [2.45, 2.75) is 82.9 Å². The van der Waals surface area contributed by atoms with Crippen LogP contribution in [0.5, 0.6) is 0 Å². The average molecular weight is 499 g/mol. The van der Waals surface area contributed by atoms with Crippen LogP contribution in [0.4, 0.5) is 8.78 Å². The van der Waals surface area contributed by atoms with Crippen molar-refractivity contribution >= 4 is 5.91 Å². The van der Waals surface area contributed by atoms with Crippen molar-refractivity contribution in [3.63, 3.8) is 0 Å². The van der Waals surface area contributed by atoms with Crippen molar-refractivity contribution in [1.82, 2.24) is 10.6 Å². The predicted molar refractivity (Wildman–Crippen MR) is 141 cm³/mol. The number of hydrogen-bond acceptors (Lipinski definition) is 3. The van der Waals surface area contributed by atoms with Gasteiger partial charge in [-0.15, -0.1) is 0 Å². The number of halogens is 2. The van der Waals surface area contributed by atoms with Gasteiger partial charge in [-0.1, -0.05) is 57.2 Å². The van der Waals surface area contributed by atoms with Gasteiger partial charge >= 0.3 is 0 Å². The van der Waals surface area contributed by atoms with Crippen LogP contribution in [-0.4, -0.2) is 31.7 Å². The molecule has 0 aliphatic heterocycles. The highest BCUT2D eigenvalue weighted by molar-refractivity contribution is 5.73. The Morgan fingerprint density at radius 1 is 1.11 bits per heavy atom. The maximum Gasteiger partial charge on any atom is 0.217 e. The van der Waals surface area contributed by atoms with Crippen molar-refractivity contribution in [3.8, 4) is 0 Å². The molecular formula is C30H40F2N2O2. The highest BCUT2D eigenvalue weighted by atomic mass is 19.1. The number of benzene rings is 2. The third-order valence-corrected chi connectivity index (χ3v) is 7.25. The van der Waals surface area contributed by atoms with E-state index in [4.69, 9.17) is 4.74 Å². The summed E-state index contributed by atoms with van der Waals surface area (Å²) in [7, 11) is 1.60. The maximum atomic E-state index is 13.8. The van der Waals surface area contributed by atoms with Gasteiger partial charge in [-0.2, -0.15) is 0 Å². The summed E-state index contributed by atoms with van der Waals surface area (Å²) in [6.45, 7) is 12.7. The largest absolute Gasteiger partial charge is 0.378 e. The van der Waals surface area contributed by atoms with Gasteiger partial charge in [0.1, 0.15) is 11.6 Å². The summed E-state index contributed by atoms with van der Waals surface area (Å²) in [6.07, 6.45) is 3.53. The molecule has 2 aromatic carbocycles. The predicted octanol–water partition coefficient (Wildman–Crippen LogP) is 5.94. The fourth-order valence-electron chi connectivity index (χ4n) is 5.09. The van der Waals surface area contributed by atoms with E-state index in [1.165, 1.54) is 35.8 Å². The van der Waals surface area contributed by atoms with E-state index in [9.17, 15) is 13.6 Å². The van der Waals surface area contributed by atoms with Gasteiger partial charge in [0.25, 0.3) is 0 Å². The molecule has 0 heterocycles. The lowest BCUT2D eigenvalue weighted by Crippen LogP contribution is -2.53. The zero-order valence-electron chi connectivity index (χ0n) is 22.2. The maximum absolute atomic E-state index is 13.8. The quantitative estimate of drug-likeness (QED) is 0.421. The Morgan fingerprint density at radius 2 is 1.75 bits per heavy atom. The lowest BCUT2D eigenvalue weighted by molar-refractivity contribution is -0.120. The van der Waals surface area contributed by atoms with Gasteiger partial charge in [-0.3, -0.25) is 4.79 Å². The molecule has 2 aromatic rings. The van der Waals surface area contributed by atoms with Gasteiger partial charge in [0.05, 0.1) is 12.1 Å². The van der Waals surface area contributed by atoms with Gasteiger partial charge in [-0.05, 0) is 66.3 Å². The molecule has 2 unspecified atom stereocenters. The highest BCUT2D eigenvalue weighted by Gasteiger charge is 2.36. The highest BCUT2D eigenvalue weighted by Crippen LogP contribution is 2.40. The number of hydrogen-bond donors (Lipinski definition) is 2. The normalized spacial score (nSPS) is 17.5. The number of allylic oxidation sites excluding steroid dienone is 1. The number of carbonyl (C=O) groups is 1. The zero-order chi connectivity index (χ0) is 26.5. The van der Waals surface area contributed by atoms with Gasteiger partial charge in [0.15, 0.2) is 0 Å². The Morgan fingerprint density at radius 3 is 2.31 bits per heavy atom. The van der Waals surface area contributed by atoms with Crippen LogP contribution in [0.25, 0.3) is 0 Å². The molecule has 6 heteroatoms. The first-order valence-corrected chi connectivity index (χ1v) is 12.7. The number of methoxy groups -OCH3 is 1. The molecule has 1 fully saturated rings. The number of amides is 1. The third-order valence-electron chi connectivity index (χ3n) is 7.25. The fraction of sp³-hybridized carbons (Fsp3) is 0.500. The van der Waals surface area contributed by atoms with E-state index < -0.39 is 23.8 Å². The van der Waals surface area contributed by atoms with Crippen molar-refractivity contribution in [1.29, 1.82) is 0 Å². The van der Waals surface area contributed by atoms with Crippen LogP contribution in [0.1, 0.15) is 70.1 Å². The summed E-state index contributed by atoms with van der Waals surface area (Å²) in [6, 6.07) is 11.7. The monoisotopic (exact) mass is 498 g/mol. The van der Waals surface area contributed by atoms with Gasteiger partial charge in [0.2, 0.25) is 5.91 Å². The smallest absolute Gasteiger partial charge is 0.217 e. The topological polar surface area (TPSA) is 50.4 Å². The zero-order valence-corrected chi connectivity index (χ0v) is 22.2. The Balaban J connectivity index is 1.87. The molecule has 1 saturated carbocycles. The third kappa shape index (κ3) is 7.23. The summed E-state index contributed by atoms with van der Waals surface area (Å²) < 4.78 is 33.5. The van der Waals surface area contributed by atoms with Gasteiger partial charge in [-0.25, -0.2) is 8.78 Å². The van der Waals surface area contributed by atoms with E-state index in [2.05, 4.69) is 62.2 Å². The molecule has 1 amide bonds. The lowest BCUT2D eigenvalue weighted by atomic mass is 9.73. The summed E-state index contributed by atoms with van der Waals surface area (Å²) >= 11 is 0. The Kier molecular flexibility index (Phi) is 9.07. The van der Waals surface area contributed by atoms with E-state index in [1.807, 2.05) is 0 Å².